The summed E-state index contributed by atoms with van der Waals surface area (Å²) in [5.41, 5.74) is 2.60. The van der Waals surface area contributed by atoms with Crippen molar-refractivity contribution >= 4 is 17.5 Å². The average molecular weight is 382 g/mol. The van der Waals surface area contributed by atoms with Crippen LogP contribution in [-0.4, -0.2) is 47.9 Å². The van der Waals surface area contributed by atoms with Gasteiger partial charge in [-0.15, -0.1) is 5.10 Å². The molecule has 1 aromatic heterocycles. The molecule has 1 N–H and O–H groups in total. The van der Waals surface area contributed by atoms with Crippen molar-refractivity contribution < 1.29 is 4.39 Å². The monoisotopic (exact) mass is 382 g/mol. The first-order chi connectivity index (χ1) is 13.8. The average Bonchev–Trinajstić information content (AvgIpc) is 2.75. The Morgan fingerprint density at radius 3 is 2.54 bits per heavy atom. The molecule has 4 rings (SSSR count). The summed E-state index contributed by atoms with van der Waals surface area (Å²) in [6.45, 7) is 4.20. The summed E-state index contributed by atoms with van der Waals surface area (Å²) in [4.78, 5) is 9.05. The molecule has 1 saturated heterocycles. The van der Waals surface area contributed by atoms with Crippen LogP contribution in [0.1, 0.15) is 32.1 Å². The molecule has 0 radical (unpaired) electrons. The zero-order valence-electron chi connectivity index (χ0n) is 16.1. The molecule has 6 nitrogen and oxygen atoms in total. The van der Waals surface area contributed by atoms with E-state index in [9.17, 15) is 4.39 Å². The Kier molecular flexibility index (Phi) is 5.99. The number of nitrogens with zero attached hydrogens (tertiary/aromatic N) is 5. The van der Waals surface area contributed by atoms with Crippen LogP contribution >= 0.6 is 0 Å². The van der Waals surface area contributed by atoms with Gasteiger partial charge in [-0.05, 0) is 56.4 Å². The van der Waals surface area contributed by atoms with E-state index in [0.29, 0.717) is 5.95 Å². The topological polar surface area (TPSA) is 57.2 Å². The van der Waals surface area contributed by atoms with Gasteiger partial charge in [0.15, 0.2) is 5.82 Å². The molecular weight excluding hydrogens is 355 g/mol. The van der Waals surface area contributed by atoms with Crippen LogP contribution in [0.25, 0.3) is 0 Å². The van der Waals surface area contributed by atoms with E-state index in [1.165, 1.54) is 37.8 Å². The van der Waals surface area contributed by atoms with Crippen molar-refractivity contribution in [1.82, 2.24) is 15.2 Å². The fraction of sp³-hybridized carbons (Fsp3) is 0.476. The highest BCUT2D eigenvalue weighted by atomic mass is 19.1. The van der Waals surface area contributed by atoms with Crippen LogP contribution in [-0.2, 0) is 0 Å². The van der Waals surface area contributed by atoms with Crippen molar-refractivity contribution in [2.75, 3.05) is 47.8 Å². The van der Waals surface area contributed by atoms with Gasteiger partial charge < -0.3 is 15.1 Å². The van der Waals surface area contributed by atoms with Crippen molar-refractivity contribution in [3.05, 3.63) is 47.9 Å². The van der Waals surface area contributed by atoms with Crippen LogP contribution in [0.15, 0.2) is 42.1 Å². The van der Waals surface area contributed by atoms with Gasteiger partial charge in [-0.25, -0.2) is 4.39 Å². The zero-order valence-corrected chi connectivity index (χ0v) is 16.1. The summed E-state index contributed by atoms with van der Waals surface area (Å²) in [7, 11) is 0. The molecular formula is C21H27FN6. The van der Waals surface area contributed by atoms with E-state index in [1.807, 2.05) is 12.1 Å². The molecule has 148 valence electrons. The molecule has 1 fully saturated rings. The van der Waals surface area contributed by atoms with E-state index in [2.05, 4.69) is 36.4 Å². The maximum Gasteiger partial charge on any atom is 0.247 e. The van der Waals surface area contributed by atoms with Crippen molar-refractivity contribution in [3.63, 3.8) is 0 Å². The van der Waals surface area contributed by atoms with E-state index < -0.39 is 0 Å². The van der Waals surface area contributed by atoms with E-state index in [-0.39, 0.29) is 5.82 Å². The van der Waals surface area contributed by atoms with Crippen molar-refractivity contribution in [2.24, 2.45) is 0 Å². The third-order valence-corrected chi connectivity index (χ3v) is 5.44. The van der Waals surface area contributed by atoms with Gasteiger partial charge in [0.05, 0.1) is 6.20 Å². The number of rotatable bonds is 6. The molecule has 0 saturated carbocycles. The standard InChI is InChI=1S/C21H27FN6/c22-18-6-8-19(9-7-18)27-12-14-28(15-13-27)21-25-20(16-24-26-21)23-11-10-17-4-2-1-3-5-17/h4,6-9,16H,1-3,5,10-15H2,(H,23,25,26). The number of aromatic nitrogens is 3. The third-order valence-electron chi connectivity index (χ3n) is 5.44. The van der Waals surface area contributed by atoms with Crippen LogP contribution in [0, 0.1) is 5.82 Å². The number of hydrogen-bond donors (Lipinski definition) is 1. The Morgan fingerprint density at radius 1 is 1.00 bits per heavy atom. The Hall–Kier alpha value is -2.70. The first-order valence-corrected chi connectivity index (χ1v) is 10.1. The second-order valence-corrected chi connectivity index (χ2v) is 7.38. The Morgan fingerprint density at radius 2 is 1.79 bits per heavy atom. The molecule has 0 amide bonds. The van der Waals surface area contributed by atoms with E-state index in [0.717, 1.165) is 50.6 Å². The van der Waals surface area contributed by atoms with Crippen LogP contribution in [0.2, 0.25) is 0 Å². The van der Waals surface area contributed by atoms with Crippen molar-refractivity contribution in [3.8, 4) is 0 Å². The van der Waals surface area contributed by atoms with Gasteiger partial charge >= 0.3 is 0 Å². The summed E-state index contributed by atoms with van der Waals surface area (Å²) < 4.78 is 13.1. The molecule has 0 unspecified atom stereocenters. The molecule has 0 spiro atoms. The maximum absolute atomic E-state index is 13.1. The van der Waals surface area contributed by atoms with Gasteiger partial charge in [0.25, 0.3) is 0 Å². The van der Waals surface area contributed by atoms with Crippen LogP contribution in [0.5, 0.6) is 0 Å². The second kappa shape index (κ2) is 8.99. The molecule has 7 heteroatoms. The minimum absolute atomic E-state index is 0.203. The first-order valence-electron chi connectivity index (χ1n) is 10.1. The quantitative estimate of drug-likeness (QED) is 0.770. The summed E-state index contributed by atoms with van der Waals surface area (Å²) in [5.74, 6) is 1.24. The predicted octanol–water partition coefficient (Wildman–Crippen LogP) is 3.64. The minimum Gasteiger partial charge on any atom is -0.368 e. The van der Waals surface area contributed by atoms with Gasteiger partial charge in [-0.2, -0.15) is 10.1 Å². The lowest BCUT2D eigenvalue weighted by atomic mass is 9.97. The number of benzene rings is 1. The first kappa shape index (κ1) is 18.7. The number of allylic oxidation sites excluding steroid dienone is 1. The highest BCUT2D eigenvalue weighted by molar-refractivity contribution is 5.49. The molecule has 1 aliphatic carbocycles. The number of halogens is 1. The summed E-state index contributed by atoms with van der Waals surface area (Å²) in [6.07, 6.45) is 10.2. The lowest BCUT2D eigenvalue weighted by Gasteiger charge is -2.35. The normalized spacial score (nSPS) is 17.4. The number of hydrogen-bond acceptors (Lipinski definition) is 6. The molecule has 0 atom stereocenters. The lowest BCUT2D eigenvalue weighted by molar-refractivity contribution is 0.622. The molecule has 0 bridgehead atoms. The highest BCUT2D eigenvalue weighted by Gasteiger charge is 2.20. The minimum atomic E-state index is -0.203. The SMILES string of the molecule is Fc1ccc(N2CCN(c3nncc(NCCC4=CCCCC4)n3)CC2)cc1. The summed E-state index contributed by atoms with van der Waals surface area (Å²) in [6, 6.07) is 6.67. The fourth-order valence-electron chi connectivity index (χ4n) is 3.81. The Labute approximate surface area is 165 Å². The Balaban J connectivity index is 1.29. The van der Waals surface area contributed by atoms with Gasteiger partial charge in [0.1, 0.15) is 5.82 Å². The number of nitrogens with one attached hydrogen (secondary N) is 1. The van der Waals surface area contributed by atoms with Gasteiger partial charge in [0, 0.05) is 38.4 Å². The third kappa shape index (κ3) is 4.77. The Bertz CT molecular complexity index is 799. The molecule has 2 aliphatic rings. The maximum atomic E-state index is 13.1. The van der Waals surface area contributed by atoms with Gasteiger partial charge in [-0.3, -0.25) is 0 Å². The van der Waals surface area contributed by atoms with Gasteiger partial charge in [-0.1, -0.05) is 11.6 Å². The van der Waals surface area contributed by atoms with E-state index >= 15 is 0 Å². The van der Waals surface area contributed by atoms with Gasteiger partial charge in [0.2, 0.25) is 5.95 Å². The molecule has 28 heavy (non-hydrogen) atoms. The predicted molar refractivity (Wildman–Crippen MR) is 110 cm³/mol. The lowest BCUT2D eigenvalue weighted by Crippen LogP contribution is -2.47. The molecule has 1 aliphatic heterocycles. The molecule has 2 heterocycles. The van der Waals surface area contributed by atoms with Crippen molar-refractivity contribution in [1.29, 1.82) is 0 Å². The molecule has 1 aromatic carbocycles. The van der Waals surface area contributed by atoms with Crippen LogP contribution in [0.4, 0.5) is 21.8 Å². The fourth-order valence-corrected chi connectivity index (χ4v) is 3.81. The van der Waals surface area contributed by atoms with Crippen LogP contribution < -0.4 is 15.1 Å². The van der Waals surface area contributed by atoms with Crippen LogP contribution in [0.3, 0.4) is 0 Å². The second-order valence-electron chi connectivity index (χ2n) is 7.38. The largest absolute Gasteiger partial charge is 0.368 e. The van der Waals surface area contributed by atoms with E-state index in [4.69, 9.17) is 0 Å². The van der Waals surface area contributed by atoms with Crippen molar-refractivity contribution in [2.45, 2.75) is 32.1 Å². The number of anilines is 3. The zero-order chi connectivity index (χ0) is 19.2. The molecule has 2 aromatic rings. The van der Waals surface area contributed by atoms with E-state index in [1.54, 1.807) is 11.8 Å². The smallest absolute Gasteiger partial charge is 0.247 e. The summed E-state index contributed by atoms with van der Waals surface area (Å²) in [5, 5.41) is 11.7. The highest BCUT2D eigenvalue weighted by Crippen LogP contribution is 2.21. The summed E-state index contributed by atoms with van der Waals surface area (Å²) >= 11 is 0. The number of piperazine rings is 1.